The predicted molar refractivity (Wildman–Crippen MR) is 88.6 cm³/mol. The molecule has 0 amide bonds. The number of nitrogens with zero attached hydrogens (tertiary/aromatic N) is 1. The van der Waals surface area contributed by atoms with Crippen molar-refractivity contribution in [1.29, 1.82) is 0 Å². The Balaban J connectivity index is 1.89. The number of aliphatic imine (C=N–C) groups is 1. The van der Waals surface area contributed by atoms with E-state index < -0.39 is 0 Å². The van der Waals surface area contributed by atoms with E-state index in [0.717, 1.165) is 29.9 Å². The fourth-order valence-electron chi connectivity index (χ4n) is 3.48. The van der Waals surface area contributed by atoms with Crippen LogP contribution in [0.25, 0.3) is 0 Å². The molecule has 3 rings (SSSR count). The monoisotopic (exact) mass is 299 g/mol. The van der Waals surface area contributed by atoms with E-state index in [9.17, 15) is 4.79 Å². The Morgan fingerprint density at radius 3 is 2.59 bits per heavy atom. The van der Waals surface area contributed by atoms with Crippen molar-refractivity contribution in [2.45, 2.75) is 57.9 Å². The summed E-state index contributed by atoms with van der Waals surface area (Å²) in [4.78, 5) is 17.5. The van der Waals surface area contributed by atoms with E-state index >= 15 is 0 Å². The molecule has 2 aliphatic rings. The molecule has 1 fully saturated rings. The molecular weight excluding hydrogens is 274 g/mol. The molecular formula is C19H25NO2. The third-order valence-corrected chi connectivity index (χ3v) is 4.78. The van der Waals surface area contributed by atoms with Crippen LogP contribution in [-0.2, 0) is 4.74 Å². The number of rotatable bonds is 4. The SMILES string of the molecule is CC(C1=NC(C)(C)CO1)c1ccccc1C(=O)C1CCCC1. The summed E-state index contributed by atoms with van der Waals surface area (Å²) >= 11 is 0. The Bertz CT molecular complexity index is 597. The van der Waals surface area contributed by atoms with Crippen LogP contribution in [0.5, 0.6) is 0 Å². The first kappa shape index (κ1) is 15.3. The van der Waals surface area contributed by atoms with Crippen molar-refractivity contribution in [1.82, 2.24) is 0 Å². The molecule has 3 nitrogen and oxygen atoms in total. The number of carbonyl (C=O) groups is 1. The first-order valence-corrected chi connectivity index (χ1v) is 8.33. The molecule has 118 valence electrons. The van der Waals surface area contributed by atoms with E-state index in [1.807, 2.05) is 24.3 Å². The summed E-state index contributed by atoms with van der Waals surface area (Å²) in [5.41, 5.74) is 1.75. The lowest BCUT2D eigenvalue weighted by atomic mass is 9.88. The number of hydrogen-bond acceptors (Lipinski definition) is 3. The maximum absolute atomic E-state index is 12.8. The topological polar surface area (TPSA) is 38.7 Å². The molecule has 0 aromatic heterocycles. The normalized spacial score (nSPS) is 22.2. The van der Waals surface area contributed by atoms with Gasteiger partial charge in [0.15, 0.2) is 11.7 Å². The van der Waals surface area contributed by atoms with Crippen LogP contribution >= 0.6 is 0 Å². The fourth-order valence-corrected chi connectivity index (χ4v) is 3.48. The largest absolute Gasteiger partial charge is 0.478 e. The molecule has 1 unspecified atom stereocenters. The van der Waals surface area contributed by atoms with Crippen molar-refractivity contribution in [3.05, 3.63) is 35.4 Å². The molecule has 1 heterocycles. The number of benzene rings is 1. The van der Waals surface area contributed by atoms with Gasteiger partial charge >= 0.3 is 0 Å². The highest BCUT2D eigenvalue weighted by Gasteiger charge is 2.32. The molecule has 3 heteroatoms. The van der Waals surface area contributed by atoms with E-state index in [4.69, 9.17) is 4.74 Å². The second-order valence-electron chi connectivity index (χ2n) is 7.21. The van der Waals surface area contributed by atoms with Crippen LogP contribution in [0.1, 0.15) is 68.3 Å². The molecule has 1 atom stereocenters. The molecule has 0 N–H and O–H groups in total. The van der Waals surface area contributed by atoms with Crippen LogP contribution in [0.2, 0.25) is 0 Å². The number of ketones is 1. The van der Waals surface area contributed by atoms with Gasteiger partial charge in [0.1, 0.15) is 6.61 Å². The summed E-state index contributed by atoms with van der Waals surface area (Å²) in [6.45, 7) is 6.84. The molecule has 1 aromatic carbocycles. The molecule has 0 radical (unpaired) electrons. The Labute approximate surface area is 132 Å². The van der Waals surface area contributed by atoms with Gasteiger partial charge in [-0.25, -0.2) is 4.99 Å². The minimum atomic E-state index is -0.159. The van der Waals surface area contributed by atoms with E-state index in [1.54, 1.807) is 0 Å². The van der Waals surface area contributed by atoms with Gasteiger partial charge in [0, 0.05) is 11.5 Å². The first-order chi connectivity index (χ1) is 10.5. The summed E-state index contributed by atoms with van der Waals surface area (Å²) in [5, 5.41) is 0. The van der Waals surface area contributed by atoms with Gasteiger partial charge < -0.3 is 4.74 Å². The zero-order valence-electron chi connectivity index (χ0n) is 13.8. The second kappa shape index (κ2) is 5.86. The van der Waals surface area contributed by atoms with Crippen LogP contribution in [0.15, 0.2) is 29.3 Å². The van der Waals surface area contributed by atoms with E-state index in [2.05, 4.69) is 25.8 Å². The summed E-state index contributed by atoms with van der Waals surface area (Å²) in [6.07, 6.45) is 4.42. The summed E-state index contributed by atoms with van der Waals surface area (Å²) in [6, 6.07) is 7.97. The summed E-state index contributed by atoms with van der Waals surface area (Å²) < 4.78 is 5.78. The highest BCUT2D eigenvalue weighted by molar-refractivity contribution is 6.01. The fraction of sp³-hybridized carbons (Fsp3) is 0.579. The van der Waals surface area contributed by atoms with Crippen LogP contribution in [0, 0.1) is 5.92 Å². The van der Waals surface area contributed by atoms with Gasteiger partial charge in [-0.3, -0.25) is 4.79 Å². The average Bonchev–Trinajstić information content (AvgIpc) is 3.15. The number of Topliss-reactive ketones (excluding diaryl/α,β-unsaturated/α-hetero) is 1. The van der Waals surface area contributed by atoms with Crippen molar-refractivity contribution in [2.24, 2.45) is 10.9 Å². The smallest absolute Gasteiger partial charge is 0.191 e. The maximum Gasteiger partial charge on any atom is 0.191 e. The lowest BCUT2D eigenvalue weighted by Crippen LogP contribution is -2.18. The Morgan fingerprint density at radius 1 is 1.27 bits per heavy atom. The van der Waals surface area contributed by atoms with Gasteiger partial charge in [-0.2, -0.15) is 0 Å². The quantitative estimate of drug-likeness (QED) is 0.774. The highest BCUT2D eigenvalue weighted by atomic mass is 16.5. The molecule has 0 bridgehead atoms. The van der Waals surface area contributed by atoms with Crippen molar-refractivity contribution < 1.29 is 9.53 Å². The third kappa shape index (κ3) is 2.94. The van der Waals surface area contributed by atoms with Gasteiger partial charge in [-0.15, -0.1) is 0 Å². The molecule has 1 aliphatic carbocycles. The van der Waals surface area contributed by atoms with Crippen LogP contribution in [-0.4, -0.2) is 23.8 Å². The summed E-state index contributed by atoms with van der Waals surface area (Å²) in [7, 11) is 0. The minimum Gasteiger partial charge on any atom is -0.478 e. The van der Waals surface area contributed by atoms with Crippen molar-refractivity contribution in [3.63, 3.8) is 0 Å². The maximum atomic E-state index is 12.8. The van der Waals surface area contributed by atoms with Crippen molar-refractivity contribution in [2.75, 3.05) is 6.61 Å². The van der Waals surface area contributed by atoms with Gasteiger partial charge in [0.25, 0.3) is 0 Å². The standard InChI is InChI=1S/C19H25NO2/c1-13(18-20-19(2,3)12-22-18)15-10-6-7-11-16(15)17(21)14-8-4-5-9-14/h6-7,10-11,13-14H,4-5,8-9,12H2,1-3H3. The minimum absolute atomic E-state index is 0.0309. The van der Waals surface area contributed by atoms with Gasteiger partial charge in [-0.05, 0) is 39.2 Å². The van der Waals surface area contributed by atoms with Gasteiger partial charge in [0.2, 0.25) is 0 Å². The Morgan fingerprint density at radius 2 is 1.95 bits per heavy atom. The second-order valence-corrected chi connectivity index (χ2v) is 7.21. The van der Waals surface area contributed by atoms with E-state index in [1.165, 1.54) is 12.8 Å². The lowest BCUT2D eigenvalue weighted by Gasteiger charge is -2.17. The predicted octanol–water partition coefficient (Wildman–Crippen LogP) is 4.37. The number of hydrogen-bond donors (Lipinski definition) is 0. The first-order valence-electron chi connectivity index (χ1n) is 8.33. The Kier molecular flexibility index (Phi) is 4.07. The van der Waals surface area contributed by atoms with Gasteiger partial charge in [-0.1, -0.05) is 37.1 Å². The molecule has 22 heavy (non-hydrogen) atoms. The Hall–Kier alpha value is -1.64. The molecule has 1 aliphatic heterocycles. The summed E-state index contributed by atoms with van der Waals surface area (Å²) in [5.74, 6) is 1.30. The molecule has 0 spiro atoms. The van der Waals surface area contributed by atoms with Gasteiger partial charge in [0.05, 0.1) is 11.5 Å². The van der Waals surface area contributed by atoms with E-state index in [-0.39, 0.29) is 17.4 Å². The molecule has 0 saturated heterocycles. The van der Waals surface area contributed by atoms with Crippen molar-refractivity contribution in [3.8, 4) is 0 Å². The van der Waals surface area contributed by atoms with Crippen LogP contribution < -0.4 is 0 Å². The van der Waals surface area contributed by atoms with Crippen LogP contribution in [0.4, 0.5) is 0 Å². The molecule has 1 aromatic rings. The molecule has 1 saturated carbocycles. The van der Waals surface area contributed by atoms with Crippen molar-refractivity contribution >= 4 is 11.7 Å². The highest BCUT2D eigenvalue weighted by Crippen LogP contribution is 2.33. The lowest BCUT2D eigenvalue weighted by molar-refractivity contribution is 0.0921. The zero-order valence-corrected chi connectivity index (χ0v) is 13.8. The number of ether oxygens (including phenoxy) is 1. The zero-order chi connectivity index (χ0) is 15.7. The third-order valence-electron chi connectivity index (χ3n) is 4.78. The van der Waals surface area contributed by atoms with E-state index in [0.29, 0.717) is 12.4 Å². The number of carbonyl (C=O) groups excluding carboxylic acids is 1. The average molecular weight is 299 g/mol. The van der Waals surface area contributed by atoms with Crippen LogP contribution in [0.3, 0.4) is 0 Å².